The molecule has 11 rings (SSSR count). The SMILES string of the molecule is CC(=O)N[C@@H]1[C@@H](O)[C@H](O[C@@H]2O[C@H](CO)[C@@H](O[C@@H]3O[C@H](CO[C@H]4O[C@H](CO)[C@@H](O)[C@H](O)[C@@H]4O[C@@H]4O[C@H](CO)[C@@H](O[C@@H]5O[C@H](CO)[C@H](O)[C@H](O)[C@H]5NC(C)=O)[C@H](O[C@@H]5O[C@@H](C)[C@@H](O)[C@@H](O)C5O)[C@H]4NC(C)=O)[C@@H](O)[C@H](O[C@H]4O[C@H](CO)[C@@H](O)[C@H](O)[C@@H]4O[C@@H]4O[C@H](CO)[C@@H](O[C@@H]5O[C@H](CO)[C@H](O)[C@H](O)[C@H]5NC(C)=O)[C@H](O)[C@H]4NC(C)=O)[C@@H]3O)[C@H](O)[C@H]2NC(C)=O)[C@@H](CO[C@@H]2O[C@@H](C)[C@@H](O)[C@@H](O)[C@@H]2O)O[C@H]1O. The highest BCUT2D eigenvalue weighted by atomic mass is 16.8. The number of amides is 6. The lowest BCUT2D eigenvalue weighted by Crippen LogP contribution is -2.72. The van der Waals surface area contributed by atoms with E-state index in [9.17, 15) is 167 Å². The van der Waals surface area contributed by atoms with Crippen LogP contribution in [0.3, 0.4) is 0 Å². The molecule has 1 unspecified atom stereocenters. The van der Waals surface area contributed by atoms with Gasteiger partial charge in [0.05, 0.1) is 71.7 Å². The first-order valence-electron chi connectivity index (χ1n) is 44.3. The maximum Gasteiger partial charge on any atom is 0.217 e. The van der Waals surface area contributed by atoms with Crippen molar-refractivity contribution in [1.82, 2.24) is 31.9 Å². The van der Waals surface area contributed by atoms with Gasteiger partial charge in [0, 0.05) is 41.5 Å². The van der Waals surface area contributed by atoms with Gasteiger partial charge in [-0.3, -0.25) is 28.8 Å². The molecule has 11 heterocycles. The lowest BCUT2D eigenvalue weighted by Gasteiger charge is -2.52. The van der Waals surface area contributed by atoms with Gasteiger partial charge in [-0.1, -0.05) is 0 Å². The number of aliphatic hydroxyl groups is 27. The molecule has 6 amide bonds. The normalized spacial score (nSPS) is 48.6. The van der Waals surface area contributed by atoms with Crippen molar-refractivity contribution in [1.29, 1.82) is 0 Å². The van der Waals surface area contributed by atoms with Crippen LogP contribution in [0, 0.1) is 0 Å². The first-order valence-corrected chi connectivity index (χ1v) is 44.3. The highest BCUT2D eigenvalue weighted by molar-refractivity contribution is 5.75. The summed E-state index contributed by atoms with van der Waals surface area (Å²) in [5.41, 5.74) is 0. The molecule has 0 aromatic carbocycles. The van der Waals surface area contributed by atoms with Crippen LogP contribution in [0.1, 0.15) is 55.4 Å². The Kier molecular flexibility index (Phi) is 40.5. The van der Waals surface area contributed by atoms with Gasteiger partial charge in [-0.05, 0) is 13.8 Å². The molecule has 0 spiro atoms. The topological polar surface area (TPSA) is 915 Å². The van der Waals surface area contributed by atoms with Crippen LogP contribution in [-0.4, -0.2) is 570 Å². The fraction of sp³-hybridized carbons (Fsp3) is 0.923. The smallest absolute Gasteiger partial charge is 0.217 e. The Labute approximate surface area is 783 Å². The van der Waals surface area contributed by atoms with Gasteiger partial charge in [-0.15, -0.1) is 0 Å². The molecule has 0 saturated carbocycles. The Morgan fingerprint density at radius 1 is 0.203 bits per heavy atom. The van der Waals surface area contributed by atoms with E-state index in [4.69, 9.17) is 99.5 Å². The lowest BCUT2D eigenvalue weighted by atomic mass is 9.93. The van der Waals surface area contributed by atoms with Gasteiger partial charge in [-0.2, -0.15) is 0 Å². The second kappa shape index (κ2) is 49.4. The minimum atomic E-state index is -2.69. The molecule has 11 fully saturated rings. The molecule has 796 valence electrons. The van der Waals surface area contributed by atoms with E-state index in [0.717, 1.165) is 41.5 Å². The van der Waals surface area contributed by atoms with Crippen LogP contribution < -0.4 is 31.9 Å². The van der Waals surface area contributed by atoms with E-state index >= 15 is 0 Å². The summed E-state index contributed by atoms with van der Waals surface area (Å²) in [5.74, 6) is -5.61. The van der Waals surface area contributed by atoms with E-state index in [2.05, 4.69) is 31.9 Å². The van der Waals surface area contributed by atoms with Crippen LogP contribution in [0.25, 0.3) is 0 Å². The second-order valence-corrected chi connectivity index (χ2v) is 35.3. The van der Waals surface area contributed by atoms with Crippen LogP contribution in [-0.2, 0) is 128 Å². The van der Waals surface area contributed by atoms with Gasteiger partial charge in [-0.25, -0.2) is 0 Å². The lowest BCUT2D eigenvalue weighted by molar-refractivity contribution is -0.399. The zero-order chi connectivity index (χ0) is 102. The minimum absolute atomic E-state index is 0.836. The second-order valence-electron chi connectivity index (χ2n) is 35.3. The van der Waals surface area contributed by atoms with E-state index in [1.807, 2.05) is 0 Å². The molecular weight excluding hydrogens is 1880 g/mol. The summed E-state index contributed by atoms with van der Waals surface area (Å²) in [7, 11) is 0. The van der Waals surface area contributed by atoms with Crippen molar-refractivity contribution >= 4 is 35.4 Å². The Morgan fingerprint density at radius 3 is 0.891 bits per heavy atom. The standard InChI is InChI=1S/C78H130N6O54/c1-18-41(98)53(110)57(114)74(120-18)118-17-34-62(50(107)35(68(117)122-34)79-20(3)92)132-71-38(82-23(6)95)52(109)61(31(14-90)127-71)133-76-59(116)65(136-78-67(56(113)46(103)29(12-88)126-78)138-72-39(83-24(7)96)51(108)60(30(13-89)128-72)131-69-36(80-21(4)93)48(105)43(100)26(9-85)123-69)47(104)33(130-76)16-119-77-66(55(112)45(102)28(11-87)125-77)137-73-40(84-25(8)97)64(135-75-58(115)54(111)42(99)19(2)121-75)63(32(15-91)129-73)134-70-37(81-22(5)94)49(106)44(101)27(10-86)124-70/h18-19,26-78,85-91,98-117H,9-17H2,1-8H3,(H,79,92)(H,80,93)(H,81,94)(H,82,95)(H,83,96)(H,84,97)/t18-,19-,26+,27+,28+,29+,30+,31+,32+,33+,34+,35+,36+,37+,38+,39+,40+,41+,42+,43-,44-,45+,46+,47+,48+,49+,50+,51+,52+,53+,54+,55-,56-,57-,58?,59-,60+,61+,62+,63+,64+,65-,66-,67-,68+,69-,70-,71-,72-,73-,74+,75-,76-,77-,78+/m0/s1. The summed E-state index contributed by atoms with van der Waals surface area (Å²) in [6.07, 6.45) is -103. The summed E-state index contributed by atoms with van der Waals surface area (Å²) in [6, 6.07) is -11.4. The molecule has 0 radical (unpaired) electrons. The molecule has 11 aliphatic rings. The van der Waals surface area contributed by atoms with Crippen LogP contribution in [0.4, 0.5) is 0 Å². The molecule has 55 atom stereocenters. The summed E-state index contributed by atoms with van der Waals surface area (Å²) >= 11 is 0. The van der Waals surface area contributed by atoms with Crippen molar-refractivity contribution < 1.29 is 266 Å². The number of ether oxygens (including phenoxy) is 21. The highest BCUT2D eigenvalue weighted by Crippen LogP contribution is 2.42. The van der Waals surface area contributed by atoms with Gasteiger partial charge in [0.15, 0.2) is 69.2 Å². The molecule has 60 nitrogen and oxygen atoms in total. The molecule has 11 saturated heterocycles. The maximum absolute atomic E-state index is 13.7. The number of carbonyl (C=O) groups is 6. The van der Waals surface area contributed by atoms with Crippen molar-refractivity contribution in [2.75, 3.05) is 59.5 Å². The Bertz CT molecular complexity index is 3880. The Balaban J connectivity index is 0.958. The zero-order valence-electron chi connectivity index (χ0n) is 75.2. The molecule has 60 heteroatoms. The van der Waals surface area contributed by atoms with E-state index in [1.54, 1.807) is 0 Å². The Hall–Kier alpha value is -5.10. The third kappa shape index (κ3) is 25.4. The predicted molar refractivity (Wildman–Crippen MR) is 429 cm³/mol. The minimum Gasteiger partial charge on any atom is -0.394 e. The number of nitrogens with one attached hydrogen (secondary N) is 6. The third-order valence-electron chi connectivity index (χ3n) is 25.3. The molecule has 0 bridgehead atoms. The highest BCUT2D eigenvalue weighted by Gasteiger charge is 2.63. The van der Waals surface area contributed by atoms with Crippen LogP contribution >= 0.6 is 0 Å². The molecule has 0 aliphatic carbocycles. The first-order chi connectivity index (χ1) is 65.1. The van der Waals surface area contributed by atoms with Crippen molar-refractivity contribution in [3.8, 4) is 0 Å². The predicted octanol–water partition coefficient (Wildman–Crippen LogP) is -22.1. The number of hydrogen-bond acceptors (Lipinski definition) is 54. The maximum atomic E-state index is 13.7. The summed E-state index contributed by atoms with van der Waals surface area (Å²) in [4.78, 5) is 78.0. The van der Waals surface area contributed by atoms with Gasteiger partial charge in [0.25, 0.3) is 0 Å². The quantitative estimate of drug-likeness (QED) is 0.0280. The van der Waals surface area contributed by atoms with Crippen molar-refractivity contribution in [2.45, 2.75) is 393 Å². The summed E-state index contributed by atoms with van der Waals surface area (Å²) in [5, 5.41) is 321. The van der Waals surface area contributed by atoms with Crippen molar-refractivity contribution in [3.63, 3.8) is 0 Å². The van der Waals surface area contributed by atoms with Gasteiger partial charge in [0.2, 0.25) is 35.4 Å². The van der Waals surface area contributed by atoms with Crippen LogP contribution in [0.5, 0.6) is 0 Å². The van der Waals surface area contributed by atoms with Gasteiger partial charge >= 0.3 is 0 Å². The largest absolute Gasteiger partial charge is 0.394 e. The molecule has 138 heavy (non-hydrogen) atoms. The zero-order valence-corrected chi connectivity index (χ0v) is 75.2. The van der Waals surface area contributed by atoms with E-state index in [-0.39, 0.29) is 0 Å². The van der Waals surface area contributed by atoms with Crippen LogP contribution in [0.2, 0.25) is 0 Å². The first kappa shape index (κ1) is 113. The van der Waals surface area contributed by atoms with E-state index in [0.29, 0.717) is 0 Å². The fourth-order valence-corrected chi connectivity index (χ4v) is 18.0. The number of aliphatic hydroxyl groups excluding tert-OH is 27. The summed E-state index contributed by atoms with van der Waals surface area (Å²) < 4.78 is 128. The molecule has 33 N–H and O–H groups in total. The molecule has 0 aromatic rings. The average Bonchev–Trinajstić information content (AvgIpc) is 0.753. The molecule has 11 aliphatic heterocycles. The van der Waals surface area contributed by atoms with Gasteiger partial charge < -0.3 is 269 Å². The fourth-order valence-electron chi connectivity index (χ4n) is 18.0. The van der Waals surface area contributed by atoms with E-state index in [1.165, 1.54) is 13.8 Å². The van der Waals surface area contributed by atoms with Crippen molar-refractivity contribution in [2.24, 2.45) is 0 Å². The third-order valence-corrected chi connectivity index (χ3v) is 25.3. The monoisotopic (exact) mass is 2010 g/mol. The molecule has 0 aromatic heterocycles. The Morgan fingerprint density at radius 2 is 0.471 bits per heavy atom. The van der Waals surface area contributed by atoms with Crippen LogP contribution in [0.15, 0.2) is 0 Å². The van der Waals surface area contributed by atoms with Crippen molar-refractivity contribution in [3.05, 3.63) is 0 Å². The molecular formula is C78H130N6O54. The number of rotatable bonds is 35. The number of hydrogen-bond donors (Lipinski definition) is 33. The summed E-state index contributed by atoms with van der Waals surface area (Å²) in [6.45, 7) is -2.16. The average molecular weight is 2020 g/mol. The van der Waals surface area contributed by atoms with E-state index < -0.39 is 432 Å². The van der Waals surface area contributed by atoms with Gasteiger partial charge in [0.1, 0.15) is 256 Å². The number of carbonyl (C=O) groups excluding carboxylic acids is 6.